The Morgan fingerprint density at radius 3 is 2.29 bits per heavy atom. The van der Waals surface area contributed by atoms with E-state index in [0.29, 0.717) is 22.3 Å². The van der Waals surface area contributed by atoms with Crippen molar-refractivity contribution in [2.24, 2.45) is 0 Å². The van der Waals surface area contributed by atoms with E-state index in [1.807, 2.05) is 52.0 Å². The lowest BCUT2D eigenvalue weighted by molar-refractivity contribution is -0.139. The number of nitrogens with one attached hydrogen (secondary N) is 1. The average molecular weight is 481 g/mol. The molecule has 0 saturated carbocycles. The van der Waals surface area contributed by atoms with E-state index in [1.54, 1.807) is 30.0 Å². The minimum absolute atomic E-state index is 0.105. The van der Waals surface area contributed by atoms with E-state index in [-0.39, 0.29) is 23.1 Å². The van der Waals surface area contributed by atoms with Gasteiger partial charge < -0.3 is 10.2 Å². The van der Waals surface area contributed by atoms with Crippen LogP contribution in [0.15, 0.2) is 42.5 Å². The summed E-state index contributed by atoms with van der Waals surface area (Å²) in [5.74, 6) is 0.463. The molecule has 0 aliphatic heterocycles. The largest absolute Gasteiger partial charge is 0.350 e. The average Bonchev–Trinajstić information content (AvgIpc) is 2.66. The quantitative estimate of drug-likeness (QED) is 0.513. The number of hydrogen-bond acceptors (Lipinski definition) is 3. The Balaban J connectivity index is 2.14. The summed E-state index contributed by atoms with van der Waals surface area (Å²) in [5.41, 5.74) is 2.54. The van der Waals surface area contributed by atoms with Crippen LogP contribution in [-0.2, 0) is 21.9 Å². The molecule has 1 N–H and O–H groups in total. The maximum atomic E-state index is 13.2. The third kappa shape index (κ3) is 8.06. The molecule has 2 aromatic carbocycles. The molecule has 2 amide bonds. The van der Waals surface area contributed by atoms with Crippen LogP contribution in [0.2, 0.25) is 10.0 Å². The number of amides is 2. The minimum atomic E-state index is -0.600. The van der Waals surface area contributed by atoms with Gasteiger partial charge in [-0.15, -0.1) is 11.8 Å². The molecule has 168 valence electrons. The smallest absolute Gasteiger partial charge is 0.242 e. The molecular formula is C24H30Cl2N2O2S. The van der Waals surface area contributed by atoms with Gasteiger partial charge in [0.25, 0.3) is 0 Å². The summed E-state index contributed by atoms with van der Waals surface area (Å²) in [7, 11) is 0. The van der Waals surface area contributed by atoms with E-state index < -0.39 is 6.04 Å². The summed E-state index contributed by atoms with van der Waals surface area (Å²) >= 11 is 13.9. The summed E-state index contributed by atoms with van der Waals surface area (Å²) in [6.07, 6.45) is 0. The van der Waals surface area contributed by atoms with E-state index in [9.17, 15) is 9.59 Å². The lowest BCUT2D eigenvalue weighted by Crippen LogP contribution is -2.52. The van der Waals surface area contributed by atoms with Gasteiger partial charge in [0.2, 0.25) is 11.8 Å². The molecule has 0 fully saturated rings. The van der Waals surface area contributed by atoms with E-state index in [1.165, 1.54) is 11.8 Å². The van der Waals surface area contributed by atoms with Crippen LogP contribution in [0.3, 0.4) is 0 Å². The molecule has 31 heavy (non-hydrogen) atoms. The van der Waals surface area contributed by atoms with E-state index in [0.717, 1.165) is 16.7 Å². The predicted octanol–water partition coefficient (Wildman–Crippen LogP) is 5.87. The Labute approximate surface area is 199 Å². The van der Waals surface area contributed by atoms with Gasteiger partial charge in [-0.25, -0.2) is 0 Å². The normalized spacial score (nSPS) is 12.4. The molecule has 1 unspecified atom stereocenters. The second kappa shape index (κ2) is 11.3. The maximum absolute atomic E-state index is 13.2. The van der Waals surface area contributed by atoms with Gasteiger partial charge in [0, 0.05) is 27.9 Å². The molecule has 4 nitrogen and oxygen atoms in total. The Morgan fingerprint density at radius 1 is 1.10 bits per heavy atom. The molecule has 0 aliphatic rings. The maximum Gasteiger partial charge on any atom is 0.242 e. The molecule has 0 radical (unpaired) electrons. The number of rotatable bonds is 8. The van der Waals surface area contributed by atoms with Crippen LogP contribution in [0.5, 0.6) is 0 Å². The van der Waals surface area contributed by atoms with Gasteiger partial charge in [-0.05, 0) is 57.9 Å². The van der Waals surface area contributed by atoms with E-state index in [4.69, 9.17) is 23.2 Å². The van der Waals surface area contributed by atoms with Crippen molar-refractivity contribution in [2.75, 3.05) is 5.75 Å². The van der Waals surface area contributed by atoms with Crippen molar-refractivity contribution in [1.29, 1.82) is 0 Å². The lowest BCUT2D eigenvalue weighted by atomic mass is 10.1. The summed E-state index contributed by atoms with van der Waals surface area (Å²) in [6.45, 7) is 9.92. The zero-order valence-corrected chi connectivity index (χ0v) is 21.0. The Hall–Kier alpha value is -1.69. The third-order valence-corrected chi connectivity index (χ3v) is 6.29. The Kier molecular flexibility index (Phi) is 9.28. The lowest BCUT2D eigenvalue weighted by Gasteiger charge is -2.31. The standard InChI is InChI=1S/C24H30Cl2N2O2S/c1-16-8-6-9-18(12-16)13-28(17(2)23(30)27-24(3,4)5)22(29)15-31-14-19-20(25)10-7-11-21(19)26/h6-12,17H,13-15H2,1-5H3,(H,27,30). The van der Waals surface area contributed by atoms with E-state index >= 15 is 0 Å². The monoisotopic (exact) mass is 480 g/mol. The van der Waals surface area contributed by atoms with Crippen LogP contribution in [0.25, 0.3) is 0 Å². The fraction of sp³-hybridized carbons (Fsp3) is 0.417. The number of carbonyl (C=O) groups excluding carboxylic acids is 2. The van der Waals surface area contributed by atoms with Gasteiger partial charge in [-0.1, -0.05) is 59.1 Å². The minimum Gasteiger partial charge on any atom is -0.350 e. The molecule has 0 heterocycles. The Bertz CT molecular complexity index is 908. The van der Waals surface area contributed by atoms with Crippen LogP contribution in [0.4, 0.5) is 0 Å². The van der Waals surface area contributed by atoms with Gasteiger partial charge in [-0.3, -0.25) is 9.59 Å². The molecule has 0 saturated heterocycles. The van der Waals surface area contributed by atoms with Crippen molar-refractivity contribution in [1.82, 2.24) is 10.2 Å². The Morgan fingerprint density at radius 2 is 1.71 bits per heavy atom. The first-order valence-corrected chi connectivity index (χ1v) is 12.1. The molecular weight excluding hydrogens is 451 g/mol. The topological polar surface area (TPSA) is 49.4 Å². The summed E-state index contributed by atoms with van der Waals surface area (Å²) in [5, 5.41) is 4.14. The van der Waals surface area contributed by atoms with Gasteiger partial charge in [0.05, 0.1) is 5.75 Å². The molecule has 0 bridgehead atoms. The summed E-state index contributed by atoms with van der Waals surface area (Å²) < 4.78 is 0. The zero-order chi connectivity index (χ0) is 23.2. The van der Waals surface area contributed by atoms with Crippen LogP contribution in [0, 0.1) is 6.92 Å². The van der Waals surface area contributed by atoms with Crippen molar-refractivity contribution in [3.63, 3.8) is 0 Å². The third-order valence-electron chi connectivity index (χ3n) is 4.63. The first-order chi connectivity index (χ1) is 14.5. The zero-order valence-electron chi connectivity index (χ0n) is 18.7. The van der Waals surface area contributed by atoms with Crippen molar-refractivity contribution in [3.8, 4) is 0 Å². The van der Waals surface area contributed by atoms with Crippen LogP contribution < -0.4 is 5.32 Å². The highest BCUT2D eigenvalue weighted by Gasteiger charge is 2.28. The molecule has 2 rings (SSSR count). The number of halogens is 2. The number of benzene rings is 2. The summed E-state index contributed by atoms with van der Waals surface area (Å²) in [4.78, 5) is 27.6. The number of hydrogen-bond donors (Lipinski definition) is 1. The van der Waals surface area contributed by atoms with Gasteiger partial charge in [-0.2, -0.15) is 0 Å². The molecule has 0 aliphatic carbocycles. The number of carbonyl (C=O) groups is 2. The highest BCUT2D eigenvalue weighted by Crippen LogP contribution is 2.28. The number of nitrogens with zero attached hydrogens (tertiary/aromatic N) is 1. The fourth-order valence-corrected chi connectivity index (χ4v) is 4.70. The molecule has 1 atom stereocenters. The second-order valence-corrected chi connectivity index (χ2v) is 10.4. The summed E-state index contributed by atoms with van der Waals surface area (Å²) in [6, 6.07) is 12.7. The number of aryl methyl sites for hydroxylation is 1. The first-order valence-electron chi connectivity index (χ1n) is 10.2. The van der Waals surface area contributed by atoms with Crippen molar-refractivity contribution in [2.45, 2.75) is 58.5 Å². The molecule has 2 aromatic rings. The van der Waals surface area contributed by atoms with Crippen molar-refractivity contribution < 1.29 is 9.59 Å². The number of thioether (sulfide) groups is 1. The van der Waals surface area contributed by atoms with Crippen LogP contribution in [-0.4, -0.2) is 34.0 Å². The van der Waals surface area contributed by atoms with Gasteiger partial charge >= 0.3 is 0 Å². The van der Waals surface area contributed by atoms with Gasteiger partial charge in [0.15, 0.2) is 0 Å². The van der Waals surface area contributed by atoms with Crippen molar-refractivity contribution in [3.05, 3.63) is 69.2 Å². The predicted molar refractivity (Wildman–Crippen MR) is 132 cm³/mol. The molecule has 0 spiro atoms. The van der Waals surface area contributed by atoms with E-state index in [2.05, 4.69) is 5.32 Å². The second-order valence-electron chi connectivity index (χ2n) is 8.62. The molecule has 0 aromatic heterocycles. The highest BCUT2D eigenvalue weighted by molar-refractivity contribution is 7.99. The van der Waals surface area contributed by atoms with Gasteiger partial charge in [0.1, 0.15) is 6.04 Å². The first kappa shape index (κ1) is 25.6. The van der Waals surface area contributed by atoms with Crippen LogP contribution >= 0.6 is 35.0 Å². The highest BCUT2D eigenvalue weighted by atomic mass is 35.5. The van der Waals surface area contributed by atoms with Crippen LogP contribution in [0.1, 0.15) is 44.4 Å². The SMILES string of the molecule is Cc1cccc(CN(C(=O)CSCc2c(Cl)cccc2Cl)C(C)C(=O)NC(C)(C)C)c1. The fourth-order valence-electron chi connectivity index (χ4n) is 3.06. The molecule has 7 heteroatoms. The van der Waals surface area contributed by atoms with Crippen molar-refractivity contribution >= 4 is 46.8 Å².